The third-order valence-corrected chi connectivity index (χ3v) is 7.39. The molecular weight excluding hydrogens is 452 g/mol. The van der Waals surface area contributed by atoms with E-state index in [-0.39, 0.29) is 33.3 Å². The Morgan fingerprint density at radius 2 is 1.72 bits per heavy atom. The van der Waals surface area contributed by atoms with Crippen LogP contribution >= 0.6 is 11.6 Å². The highest BCUT2D eigenvalue weighted by Gasteiger charge is 2.29. The van der Waals surface area contributed by atoms with Gasteiger partial charge in [-0.2, -0.15) is 4.31 Å². The predicted molar refractivity (Wildman–Crippen MR) is 119 cm³/mol. The lowest BCUT2D eigenvalue weighted by atomic mass is 10.0. The molecule has 7 nitrogen and oxygen atoms in total. The molecule has 1 aliphatic rings. The van der Waals surface area contributed by atoms with Gasteiger partial charge in [-0.15, -0.1) is 0 Å². The van der Waals surface area contributed by atoms with E-state index < -0.39 is 21.9 Å². The maximum Gasteiger partial charge on any atom is 0.345 e. The van der Waals surface area contributed by atoms with E-state index in [0.717, 1.165) is 11.1 Å². The molecule has 0 saturated carbocycles. The molecule has 1 aliphatic heterocycles. The van der Waals surface area contributed by atoms with Crippen molar-refractivity contribution in [2.45, 2.75) is 17.9 Å². The van der Waals surface area contributed by atoms with Crippen molar-refractivity contribution in [3.8, 4) is 5.75 Å². The molecule has 1 heterocycles. The second kappa shape index (κ2) is 8.74. The highest BCUT2D eigenvalue weighted by Crippen LogP contribution is 2.28. The summed E-state index contributed by atoms with van der Waals surface area (Å²) in [5.74, 6) is -1.43. The summed E-state index contributed by atoms with van der Waals surface area (Å²) in [6, 6.07) is 17.4. The first-order valence-corrected chi connectivity index (χ1v) is 11.6. The van der Waals surface area contributed by atoms with Crippen molar-refractivity contribution in [2.75, 3.05) is 6.54 Å². The number of carbonyl (C=O) groups excluding carboxylic acids is 2. The first kappa shape index (κ1) is 22.0. The summed E-state index contributed by atoms with van der Waals surface area (Å²) in [6.45, 7) is 0.586. The highest BCUT2D eigenvalue weighted by molar-refractivity contribution is 7.89. The Labute approximate surface area is 190 Å². The molecule has 32 heavy (non-hydrogen) atoms. The fourth-order valence-electron chi connectivity index (χ4n) is 3.52. The number of fused-ring (bicyclic) bond motifs is 1. The van der Waals surface area contributed by atoms with Crippen molar-refractivity contribution in [3.63, 3.8) is 0 Å². The van der Waals surface area contributed by atoms with Gasteiger partial charge >= 0.3 is 5.97 Å². The summed E-state index contributed by atoms with van der Waals surface area (Å²) < 4.78 is 33.2. The molecule has 0 bridgehead atoms. The van der Waals surface area contributed by atoms with Crippen LogP contribution in [0.3, 0.4) is 0 Å². The van der Waals surface area contributed by atoms with Crippen LogP contribution in [0.25, 0.3) is 0 Å². The van der Waals surface area contributed by atoms with Crippen molar-refractivity contribution >= 4 is 33.5 Å². The van der Waals surface area contributed by atoms with Gasteiger partial charge in [-0.1, -0.05) is 41.9 Å². The van der Waals surface area contributed by atoms with Crippen LogP contribution in [0.2, 0.25) is 5.02 Å². The van der Waals surface area contributed by atoms with Crippen LogP contribution < -0.4 is 10.5 Å². The maximum absolute atomic E-state index is 13.2. The van der Waals surface area contributed by atoms with Gasteiger partial charge in [0.25, 0.3) is 0 Å². The lowest BCUT2D eigenvalue weighted by Gasteiger charge is -2.28. The molecule has 0 aromatic heterocycles. The lowest BCUT2D eigenvalue weighted by molar-refractivity contribution is 0.0733. The molecule has 164 valence electrons. The van der Waals surface area contributed by atoms with E-state index in [1.165, 1.54) is 46.8 Å². The molecular formula is C23H19ClN2O5S. The van der Waals surface area contributed by atoms with Gasteiger partial charge in [0.05, 0.1) is 15.5 Å². The van der Waals surface area contributed by atoms with Crippen molar-refractivity contribution < 1.29 is 22.7 Å². The second-order valence-electron chi connectivity index (χ2n) is 7.28. The third-order valence-electron chi connectivity index (χ3n) is 5.22. The van der Waals surface area contributed by atoms with Gasteiger partial charge in [-0.25, -0.2) is 13.2 Å². The fourth-order valence-corrected chi connectivity index (χ4v) is 5.16. The molecule has 0 aliphatic carbocycles. The van der Waals surface area contributed by atoms with Crippen LogP contribution in [-0.4, -0.2) is 31.1 Å². The number of sulfonamides is 1. The molecule has 0 atom stereocenters. The zero-order valence-corrected chi connectivity index (χ0v) is 18.4. The zero-order chi connectivity index (χ0) is 22.9. The SMILES string of the molecule is NC(=O)c1cccc(OC(=O)c2cc(S(=O)(=O)N3CCc4ccccc4C3)ccc2Cl)c1. The third kappa shape index (κ3) is 4.38. The standard InChI is InChI=1S/C23H19ClN2O5S/c24-21-9-8-19(32(29,30)26-11-10-15-4-1-2-5-17(15)14-26)13-20(21)23(28)31-18-7-3-6-16(12-18)22(25)27/h1-9,12-13H,10-11,14H2,(H2,25,27). The second-order valence-corrected chi connectivity index (χ2v) is 9.63. The van der Waals surface area contributed by atoms with Gasteiger partial charge in [0.1, 0.15) is 5.75 Å². The highest BCUT2D eigenvalue weighted by atomic mass is 35.5. The van der Waals surface area contributed by atoms with E-state index in [2.05, 4.69) is 0 Å². The number of rotatable bonds is 5. The van der Waals surface area contributed by atoms with E-state index in [0.29, 0.717) is 13.0 Å². The monoisotopic (exact) mass is 470 g/mol. The largest absolute Gasteiger partial charge is 0.423 e. The Kier molecular flexibility index (Phi) is 6.01. The number of carbonyl (C=O) groups is 2. The van der Waals surface area contributed by atoms with E-state index in [1.807, 2.05) is 24.3 Å². The van der Waals surface area contributed by atoms with Gasteiger partial charge < -0.3 is 10.5 Å². The number of ether oxygens (including phenoxy) is 1. The first-order valence-electron chi connectivity index (χ1n) is 9.74. The lowest BCUT2D eigenvalue weighted by Crippen LogP contribution is -2.36. The minimum atomic E-state index is -3.86. The average Bonchev–Trinajstić information content (AvgIpc) is 2.79. The van der Waals surface area contributed by atoms with Crippen LogP contribution in [0.4, 0.5) is 0 Å². The Bertz CT molecular complexity index is 1320. The molecule has 3 aromatic carbocycles. The quantitative estimate of drug-likeness (QED) is 0.454. The van der Waals surface area contributed by atoms with Crippen LogP contribution in [0, 0.1) is 0 Å². The van der Waals surface area contributed by atoms with E-state index in [9.17, 15) is 18.0 Å². The molecule has 9 heteroatoms. The Hall–Kier alpha value is -3.20. The Balaban J connectivity index is 1.60. The smallest absolute Gasteiger partial charge is 0.345 e. The van der Waals surface area contributed by atoms with Crippen molar-refractivity contribution in [3.05, 3.63) is 94.0 Å². The van der Waals surface area contributed by atoms with Crippen LogP contribution in [0.15, 0.2) is 71.6 Å². The van der Waals surface area contributed by atoms with E-state index in [1.54, 1.807) is 0 Å². The number of nitrogens with zero attached hydrogens (tertiary/aromatic N) is 1. The van der Waals surface area contributed by atoms with Gasteiger partial charge in [0.2, 0.25) is 15.9 Å². The number of hydrogen-bond acceptors (Lipinski definition) is 5. The summed E-state index contributed by atoms with van der Waals surface area (Å²) in [5, 5.41) is 0.0454. The summed E-state index contributed by atoms with van der Waals surface area (Å²) in [5.41, 5.74) is 7.38. The summed E-state index contributed by atoms with van der Waals surface area (Å²) in [4.78, 5) is 24.0. The number of nitrogens with two attached hydrogens (primary N) is 1. The average molecular weight is 471 g/mol. The maximum atomic E-state index is 13.2. The van der Waals surface area contributed by atoms with E-state index in [4.69, 9.17) is 22.1 Å². The molecule has 0 fully saturated rings. The molecule has 4 rings (SSSR count). The molecule has 1 amide bonds. The summed E-state index contributed by atoms with van der Waals surface area (Å²) in [7, 11) is -3.86. The minimum Gasteiger partial charge on any atom is -0.423 e. The van der Waals surface area contributed by atoms with Gasteiger partial charge in [-0.05, 0) is 53.9 Å². The normalized spacial score (nSPS) is 13.9. The molecule has 0 radical (unpaired) electrons. The topological polar surface area (TPSA) is 107 Å². The number of amides is 1. The van der Waals surface area contributed by atoms with Crippen molar-refractivity contribution in [1.82, 2.24) is 4.31 Å². The van der Waals surface area contributed by atoms with Gasteiger partial charge in [0, 0.05) is 18.7 Å². The van der Waals surface area contributed by atoms with Crippen molar-refractivity contribution in [2.24, 2.45) is 5.73 Å². The Morgan fingerprint density at radius 1 is 0.969 bits per heavy atom. The zero-order valence-electron chi connectivity index (χ0n) is 16.8. The number of hydrogen-bond donors (Lipinski definition) is 1. The molecule has 0 unspecified atom stereocenters. The van der Waals surface area contributed by atoms with Gasteiger partial charge in [0.15, 0.2) is 0 Å². The molecule has 0 spiro atoms. The number of primary amides is 1. The van der Waals surface area contributed by atoms with Gasteiger partial charge in [-0.3, -0.25) is 4.79 Å². The molecule has 0 saturated heterocycles. The van der Waals surface area contributed by atoms with Crippen LogP contribution in [0.1, 0.15) is 31.8 Å². The van der Waals surface area contributed by atoms with E-state index >= 15 is 0 Å². The van der Waals surface area contributed by atoms with Crippen molar-refractivity contribution in [1.29, 1.82) is 0 Å². The fraction of sp³-hybridized carbons (Fsp3) is 0.130. The number of halogens is 1. The Morgan fingerprint density at radius 3 is 2.47 bits per heavy atom. The first-order chi connectivity index (χ1) is 15.3. The van der Waals surface area contributed by atoms with Crippen LogP contribution in [0.5, 0.6) is 5.75 Å². The molecule has 2 N–H and O–H groups in total. The summed E-state index contributed by atoms with van der Waals surface area (Å²) in [6.07, 6.45) is 0.605. The summed E-state index contributed by atoms with van der Waals surface area (Å²) >= 11 is 6.16. The number of esters is 1. The predicted octanol–water partition coefficient (Wildman–Crippen LogP) is 3.41. The minimum absolute atomic E-state index is 0.0454. The number of benzene rings is 3. The van der Waals surface area contributed by atoms with Crippen LogP contribution in [-0.2, 0) is 23.0 Å². The molecule has 3 aromatic rings.